The third kappa shape index (κ3) is 2.34. The standard InChI is InChI=1S/C8H11N7/c9-14-13-7-5-11-8(12-6-7)15-3-1-10-2-4-15/h5-6,10H,1-4H2. The molecule has 1 saturated heterocycles. The summed E-state index contributed by atoms with van der Waals surface area (Å²) in [5.41, 5.74) is 8.66. The Bertz CT molecular complexity index is 361. The first-order valence-electron chi connectivity index (χ1n) is 4.73. The zero-order valence-corrected chi connectivity index (χ0v) is 8.17. The lowest BCUT2D eigenvalue weighted by Gasteiger charge is -2.27. The van der Waals surface area contributed by atoms with Gasteiger partial charge in [0.25, 0.3) is 0 Å². The van der Waals surface area contributed by atoms with Gasteiger partial charge in [-0.25, -0.2) is 9.97 Å². The molecule has 7 heteroatoms. The minimum atomic E-state index is 0.441. The maximum absolute atomic E-state index is 8.22. The fraction of sp³-hybridized carbons (Fsp3) is 0.500. The number of nitrogens with zero attached hydrogens (tertiary/aromatic N) is 6. The van der Waals surface area contributed by atoms with Gasteiger partial charge in [0.2, 0.25) is 5.95 Å². The summed E-state index contributed by atoms with van der Waals surface area (Å²) < 4.78 is 0. The largest absolute Gasteiger partial charge is 0.338 e. The number of nitrogens with one attached hydrogen (secondary N) is 1. The summed E-state index contributed by atoms with van der Waals surface area (Å²) in [6, 6.07) is 0. The average molecular weight is 205 g/mol. The molecule has 1 aliphatic rings. The van der Waals surface area contributed by atoms with Gasteiger partial charge in [0.1, 0.15) is 0 Å². The minimum Gasteiger partial charge on any atom is -0.338 e. The van der Waals surface area contributed by atoms with Gasteiger partial charge in [-0.1, -0.05) is 5.11 Å². The zero-order chi connectivity index (χ0) is 10.5. The Hall–Kier alpha value is -1.85. The van der Waals surface area contributed by atoms with E-state index in [4.69, 9.17) is 5.53 Å². The molecular formula is C8H11N7. The Balaban J connectivity index is 2.11. The molecule has 0 saturated carbocycles. The fourth-order valence-electron chi connectivity index (χ4n) is 1.45. The van der Waals surface area contributed by atoms with Crippen molar-refractivity contribution in [2.24, 2.45) is 5.11 Å². The summed E-state index contributed by atoms with van der Waals surface area (Å²) in [4.78, 5) is 13.0. The summed E-state index contributed by atoms with van der Waals surface area (Å²) in [6.45, 7) is 3.70. The Labute approximate surface area is 86.8 Å². The van der Waals surface area contributed by atoms with E-state index in [-0.39, 0.29) is 0 Å². The van der Waals surface area contributed by atoms with Crippen molar-refractivity contribution in [2.45, 2.75) is 0 Å². The van der Waals surface area contributed by atoms with Gasteiger partial charge in [0.15, 0.2) is 0 Å². The molecule has 7 nitrogen and oxygen atoms in total. The van der Waals surface area contributed by atoms with Gasteiger partial charge in [-0.05, 0) is 5.53 Å². The van der Waals surface area contributed by atoms with E-state index < -0.39 is 0 Å². The summed E-state index contributed by atoms with van der Waals surface area (Å²) in [5, 5.41) is 6.67. The van der Waals surface area contributed by atoms with Crippen LogP contribution in [-0.4, -0.2) is 36.1 Å². The SMILES string of the molecule is [N-]=[N+]=Nc1cnc(N2CCNCC2)nc1. The van der Waals surface area contributed by atoms with E-state index in [0.29, 0.717) is 11.6 Å². The Morgan fingerprint density at radius 2 is 2.00 bits per heavy atom. The van der Waals surface area contributed by atoms with Crippen molar-refractivity contribution in [1.29, 1.82) is 0 Å². The summed E-state index contributed by atoms with van der Waals surface area (Å²) in [6.07, 6.45) is 3.06. The van der Waals surface area contributed by atoms with Crippen molar-refractivity contribution >= 4 is 11.6 Å². The molecule has 1 fully saturated rings. The van der Waals surface area contributed by atoms with Gasteiger partial charge in [0.05, 0.1) is 5.69 Å². The molecule has 1 aromatic rings. The molecule has 0 aliphatic carbocycles. The first kappa shape index (κ1) is 9.70. The Kier molecular flexibility index (Phi) is 2.96. The van der Waals surface area contributed by atoms with Crippen molar-refractivity contribution in [3.05, 3.63) is 22.8 Å². The monoisotopic (exact) mass is 205 g/mol. The van der Waals surface area contributed by atoms with Crippen LogP contribution >= 0.6 is 0 Å². The van der Waals surface area contributed by atoms with E-state index >= 15 is 0 Å². The lowest BCUT2D eigenvalue weighted by molar-refractivity contribution is 0.580. The van der Waals surface area contributed by atoms with Crippen LogP contribution in [0.2, 0.25) is 0 Å². The van der Waals surface area contributed by atoms with Crippen LogP contribution in [0.1, 0.15) is 0 Å². The third-order valence-electron chi connectivity index (χ3n) is 2.18. The van der Waals surface area contributed by atoms with Gasteiger partial charge < -0.3 is 10.2 Å². The van der Waals surface area contributed by atoms with Crippen LogP contribution in [-0.2, 0) is 0 Å². The molecule has 0 radical (unpaired) electrons. The van der Waals surface area contributed by atoms with Gasteiger partial charge in [0, 0.05) is 43.5 Å². The quantitative estimate of drug-likeness (QED) is 0.440. The number of anilines is 1. The van der Waals surface area contributed by atoms with Crippen molar-refractivity contribution in [3.63, 3.8) is 0 Å². The number of aromatic nitrogens is 2. The predicted octanol–water partition coefficient (Wildman–Crippen LogP) is 0.828. The molecule has 1 aromatic heterocycles. The smallest absolute Gasteiger partial charge is 0.225 e. The number of hydrogen-bond donors (Lipinski definition) is 1. The topological polar surface area (TPSA) is 89.8 Å². The highest BCUT2D eigenvalue weighted by atomic mass is 15.3. The normalized spacial score (nSPS) is 15.9. The maximum atomic E-state index is 8.22. The predicted molar refractivity (Wildman–Crippen MR) is 55.9 cm³/mol. The molecule has 0 atom stereocenters. The van der Waals surface area contributed by atoms with Crippen molar-refractivity contribution < 1.29 is 0 Å². The Morgan fingerprint density at radius 1 is 1.33 bits per heavy atom. The Morgan fingerprint density at radius 3 is 2.60 bits per heavy atom. The molecule has 0 unspecified atom stereocenters. The van der Waals surface area contributed by atoms with E-state index in [9.17, 15) is 0 Å². The molecule has 0 aromatic carbocycles. The van der Waals surface area contributed by atoms with Crippen LogP contribution in [0, 0.1) is 0 Å². The lowest BCUT2D eigenvalue weighted by atomic mass is 10.4. The highest BCUT2D eigenvalue weighted by Gasteiger charge is 2.11. The van der Waals surface area contributed by atoms with E-state index in [1.807, 2.05) is 0 Å². The van der Waals surface area contributed by atoms with Crippen LogP contribution < -0.4 is 10.2 Å². The second-order valence-electron chi connectivity index (χ2n) is 3.17. The molecule has 78 valence electrons. The summed E-state index contributed by atoms with van der Waals surface area (Å²) >= 11 is 0. The molecular weight excluding hydrogens is 194 g/mol. The van der Waals surface area contributed by atoms with Gasteiger partial charge in [-0.15, -0.1) is 0 Å². The zero-order valence-electron chi connectivity index (χ0n) is 8.17. The summed E-state index contributed by atoms with van der Waals surface area (Å²) in [5.74, 6) is 0.688. The highest BCUT2D eigenvalue weighted by molar-refractivity contribution is 5.37. The molecule has 1 aliphatic heterocycles. The van der Waals surface area contributed by atoms with E-state index in [2.05, 4.69) is 30.2 Å². The van der Waals surface area contributed by atoms with Crippen molar-refractivity contribution in [1.82, 2.24) is 15.3 Å². The molecule has 15 heavy (non-hydrogen) atoms. The number of rotatable bonds is 2. The van der Waals surface area contributed by atoms with Gasteiger partial charge in [-0.3, -0.25) is 0 Å². The van der Waals surface area contributed by atoms with Gasteiger partial charge >= 0.3 is 0 Å². The van der Waals surface area contributed by atoms with Crippen molar-refractivity contribution in [3.8, 4) is 0 Å². The summed E-state index contributed by atoms with van der Waals surface area (Å²) in [7, 11) is 0. The first-order chi connectivity index (χ1) is 7.40. The molecule has 0 amide bonds. The van der Waals surface area contributed by atoms with Crippen LogP contribution in [0.4, 0.5) is 11.6 Å². The number of azide groups is 1. The molecule has 0 bridgehead atoms. The van der Waals surface area contributed by atoms with E-state index in [1.54, 1.807) is 0 Å². The fourth-order valence-corrected chi connectivity index (χ4v) is 1.45. The number of hydrogen-bond acceptors (Lipinski definition) is 5. The van der Waals surface area contributed by atoms with Crippen LogP contribution in [0.3, 0.4) is 0 Å². The number of piperazine rings is 1. The second kappa shape index (κ2) is 4.59. The van der Waals surface area contributed by atoms with Gasteiger partial charge in [-0.2, -0.15) is 0 Å². The minimum absolute atomic E-state index is 0.441. The first-order valence-corrected chi connectivity index (χ1v) is 4.73. The van der Waals surface area contributed by atoms with E-state index in [0.717, 1.165) is 26.2 Å². The van der Waals surface area contributed by atoms with Crippen molar-refractivity contribution in [2.75, 3.05) is 31.1 Å². The molecule has 0 spiro atoms. The highest BCUT2D eigenvalue weighted by Crippen LogP contribution is 2.12. The van der Waals surface area contributed by atoms with Crippen LogP contribution in [0.25, 0.3) is 10.4 Å². The molecule has 1 N–H and O–H groups in total. The lowest BCUT2D eigenvalue weighted by Crippen LogP contribution is -2.44. The van der Waals surface area contributed by atoms with Crippen LogP contribution in [0.5, 0.6) is 0 Å². The average Bonchev–Trinajstić information content (AvgIpc) is 2.32. The maximum Gasteiger partial charge on any atom is 0.225 e. The molecule has 2 rings (SSSR count). The van der Waals surface area contributed by atoms with E-state index in [1.165, 1.54) is 12.4 Å². The third-order valence-corrected chi connectivity index (χ3v) is 2.18. The van der Waals surface area contributed by atoms with Crippen LogP contribution in [0.15, 0.2) is 17.5 Å². The molecule has 2 heterocycles. The second-order valence-corrected chi connectivity index (χ2v) is 3.17.